The molecule has 0 spiro atoms. The first-order valence-corrected chi connectivity index (χ1v) is 19.9. The number of benzene rings is 10. The quantitative estimate of drug-likeness (QED) is 0.168. The van der Waals surface area contributed by atoms with E-state index in [1.54, 1.807) is 0 Å². The van der Waals surface area contributed by atoms with Gasteiger partial charge in [-0.15, -0.1) is 0 Å². The van der Waals surface area contributed by atoms with Gasteiger partial charge in [0.05, 0.1) is 27.6 Å². The Balaban J connectivity index is 1.15. The van der Waals surface area contributed by atoms with Gasteiger partial charge >= 0.3 is 0 Å². The molecule has 276 valence electrons. The number of furan rings is 1. The second kappa shape index (κ2) is 13.4. The summed E-state index contributed by atoms with van der Waals surface area (Å²) in [5, 5.41) is 7.92. The summed E-state index contributed by atoms with van der Waals surface area (Å²) in [6.07, 6.45) is 0. The molecule has 0 aliphatic rings. The second-order valence-corrected chi connectivity index (χ2v) is 14.9. The van der Waals surface area contributed by atoms with Gasteiger partial charge < -0.3 is 13.9 Å². The number of aromatic nitrogens is 1. The molecule has 12 rings (SSSR count). The molecule has 2 aromatic heterocycles. The van der Waals surface area contributed by atoms with Gasteiger partial charge in [-0.25, -0.2) is 0 Å². The highest BCUT2D eigenvalue weighted by Gasteiger charge is 2.22. The molecule has 0 radical (unpaired) electrons. The summed E-state index contributed by atoms with van der Waals surface area (Å²) in [5.41, 5.74) is 9.00. The van der Waals surface area contributed by atoms with Crippen molar-refractivity contribution in [2.24, 2.45) is 0 Å². The molecule has 0 aliphatic carbocycles. The highest BCUT2D eigenvalue weighted by Crippen LogP contribution is 2.46. The van der Waals surface area contributed by atoms with Crippen LogP contribution in [0.1, 0.15) is 5.48 Å². The van der Waals surface area contributed by atoms with Crippen LogP contribution in [0.15, 0.2) is 223 Å². The average Bonchev–Trinajstić information content (AvgIpc) is 3.90. The van der Waals surface area contributed by atoms with Crippen molar-refractivity contribution in [1.29, 1.82) is 0 Å². The first kappa shape index (κ1) is 29.4. The molecular formula is C56H36N2O. The van der Waals surface area contributed by atoms with Crippen molar-refractivity contribution in [1.82, 2.24) is 4.57 Å². The number of rotatable bonds is 6. The third-order valence-electron chi connectivity index (χ3n) is 11.6. The molecule has 0 amide bonds. The Morgan fingerprint density at radius 1 is 0.441 bits per heavy atom. The van der Waals surface area contributed by atoms with Gasteiger partial charge in [-0.2, -0.15) is 0 Å². The summed E-state index contributed by atoms with van der Waals surface area (Å²) in [4.78, 5) is 1.93. The maximum atomic E-state index is 10.3. The zero-order chi connectivity index (χ0) is 42.3. The topological polar surface area (TPSA) is 21.3 Å². The highest BCUT2D eigenvalue weighted by molar-refractivity contribution is 6.20. The lowest BCUT2D eigenvalue weighted by Gasteiger charge is -2.27. The number of fused-ring (bicyclic) bond motifs is 9. The average molecular weight is 757 g/mol. The fraction of sp³-hybridized carbons (Fsp3) is 0. The molecule has 0 unspecified atom stereocenters. The van der Waals surface area contributed by atoms with Crippen LogP contribution in [0.3, 0.4) is 0 Å². The molecule has 10 aromatic carbocycles. The summed E-state index contributed by atoms with van der Waals surface area (Å²) in [7, 11) is 0. The number of hydrogen-bond acceptors (Lipinski definition) is 2. The summed E-state index contributed by atoms with van der Waals surface area (Å²) >= 11 is 0. The molecule has 0 fully saturated rings. The lowest BCUT2D eigenvalue weighted by atomic mass is 9.97. The first-order valence-electron chi connectivity index (χ1n) is 21.9. The van der Waals surface area contributed by atoms with Crippen molar-refractivity contribution < 1.29 is 9.90 Å². The Morgan fingerprint density at radius 2 is 1.12 bits per heavy atom. The van der Waals surface area contributed by atoms with Crippen LogP contribution in [0, 0.1) is 0 Å². The van der Waals surface area contributed by atoms with E-state index in [1.807, 2.05) is 95.9 Å². The normalized spacial score (nSPS) is 12.7. The van der Waals surface area contributed by atoms with Crippen molar-refractivity contribution in [2.45, 2.75) is 0 Å². The molecule has 3 heteroatoms. The van der Waals surface area contributed by atoms with Crippen molar-refractivity contribution in [3.05, 3.63) is 218 Å². The highest BCUT2D eigenvalue weighted by atomic mass is 16.3. The molecule has 0 bridgehead atoms. The van der Waals surface area contributed by atoms with Gasteiger partial charge in [0.1, 0.15) is 11.2 Å². The van der Waals surface area contributed by atoms with Crippen LogP contribution in [-0.2, 0) is 0 Å². The molecule has 0 aliphatic heterocycles. The Hall–Kier alpha value is -7.88. The summed E-state index contributed by atoms with van der Waals surface area (Å²) in [5.74, 6) is 0. The number of para-hydroxylation sites is 2. The molecule has 0 N–H and O–H groups in total. The lowest BCUT2D eigenvalue weighted by molar-refractivity contribution is 0.672. The van der Waals surface area contributed by atoms with Gasteiger partial charge in [0.15, 0.2) is 0 Å². The van der Waals surface area contributed by atoms with E-state index in [1.165, 1.54) is 0 Å². The third-order valence-corrected chi connectivity index (χ3v) is 11.6. The van der Waals surface area contributed by atoms with E-state index in [0.29, 0.717) is 28.1 Å². The van der Waals surface area contributed by atoms with E-state index in [2.05, 4.69) is 108 Å². The number of nitrogens with zero attached hydrogens (tertiary/aromatic N) is 2. The summed E-state index contributed by atoms with van der Waals surface area (Å²) in [6.45, 7) is 0. The van der Waals surface area contributed by atoms with Crippen molar-refractivity contribution in [3.63, 3.8) is 0 Å². The smallest absolute Gasteiger partial charge is 0.143 e. The second-order valence-electron chi connectivity index (χ2n) is 14.9. The molecule has 0 atom stereocenters. The van der Waals surface area contributed by atoms with Crippen molar-refractivity contribution in [3.8, 4) is 27.9 Å². The number of anilines is 3. The zero-order valence-corrected chi connectivity index (χ0v) is 31.8. The van der Waals surface area contributed by atoms with Crippen LogP contribution in [0.5, 0.6) is 0 Å². The first-order chi connectivity index (χ1) is 31.0. The summed E-state index contributed by atoms with van der Waals surface area (Å²) < 4.78 is 47.8. The van der Waals surface area contributed by atoms with Crippen LogP contribution >= 0.6 is 0 Å². The van der Waals surface area contributed by atoms with E-state index < -0.39 is 0 Å². The molecule has 3 nitrogen and oxygen atoms in total. The fourth-order valence-electron chi connectivity index (χ4n) is 9.04. The van der Waals surface area contributed by atoms with E-state index in [9.17, 15) is 5.48 Å². The SMILES string of the molecule is [2H]c1c([2H])c(-c2cccc3c2c2ccccc2n3-c2ccccc2)c([2H])c(N(c2ccc(-c3cccc4ccccc34)cc2)c2cccc3oc4c5ccccc5ccc4c23)c1[2H]. The minimum atomic E-state index is -0.257. The maximum Gasteiger partial charge on any atom is 0.143 e. The van der Waals surface area contributed by atoms with Gasteiger partial charge in [0.25, 0.3) is 0 Å². The zero-order valence-electron chi connectivity index (χ0n) is 35.8. The van der Waals surface area contributed by atoms with Gasteiger partial charge in [-0.1, -0.05) is 152 Å². The Kier molecular flexibility index (Phi) is 6.65. The molecule has 12 aromatic rings. The largest absolute Gasteiger partial charge is 0.455 e. The number of hydrogen-bond donors (Lipinski definition) is 0. The molecule has 59 heavy (non-hydrogen) atoms. The van der Waals surface area contributed by atoms with Crippen molar-refractivity contribution in [2.75, 3.05) is 4.90 Å². The van der Waals surface area contributed by atoms with E-state index in [-0.39, 0.29) is 29.9 Å². The fourth-order valence-corrected chi connectivity index (χ4v) is 9.04. The predicted molar refractivity (Wildman–Crippen MR) is 249 cm³/mol. The lowest BCUT2D eigenvalue weighted by Crippen LogP contribution is -2.10. The Morgan fingerprint density at radius 3 is 1.98 bits per heavy atom. The Bertz CT molecular complexity index is 3790. The standard InChI is InChI=1S/C56H36N2O/c1-2-18-41(19-3-1)58-50-26-9-8-23-48(50)54-46(25-12-27-51(54)58)40-17-10-20-43(36-40)57(42-33-30-39(31-34-42)45-24-11-16-37-14-4-6-21-44(37)45)52-28-13-29-53-55(52)49-35-32-38-15-5-7-22-47(38)56(49)59-53/h1-36H/i10D,17D,20D,36D. The summed E-state index contributed by atoms with van der Waals surface area (Å²) in [6, 6.07) is 64.8. The minimum Gasteiger partial charge on any atom is -0.455 e. The van der Waals surface area contributed by atoms with E-state index >= 15 is 0 Å². The van der Waals surface area contributed by atoms with Gasteiger partial charge in [0.2, 0.25) is 0 Å². The third kappa shape index (κ3) is 5.29. The van der Waals surface area contributed by atoms with E-state index in [4.69, 9.17) is 4.42 Å². The van der Waals surface area contributed by atoms with Crippen LogP contribution in [0.25, 0.3) is 93.2 Å². The van der Waals surface area contributed by atoms with Crippen LogP contribution < -0.4 is 4.90 Å². The van der Waals surface area contributed by atoms with Gasteiger partial charge in [-0.3, -0.25) is 0 Å². The van der Waals surface area contributed by atoms with Gasteiger partial charge in [0, 0.05) is 38.6 Å². The monoisotopic (exact) mass is 756 g/mol. The molecule has 0 saturated heterocycles. The molecule has 0 saturated carbocycles. The van der Waals surface area contributed by atoms with Gasteiger partial charge in [-0.05, 0) is 105 Å². The Labute approximate surface area is 346 Å². The van der Waals surface area contributed by atoms with Crippen LogP contribution in [-0.4, -0.2) is 4.57 Å². The van der Waals surface area contributed by atoms with E-state index in [0.717, 1.165) is 76.5 Å². The predicted octanol–water partition coefficient (Wildman–Crippen LogP) is 15.8. The van der Waals surface area contributed by atoms with Crippen LogP contribution in [0.4, 0.5) is 17.1 Å². The minimum absolute atomic E-state index is 0.0153. The van der Waals surface area contributed by atoms with Crippen molar-refractivity contribution >= 4 is 82.4 Å². The molecular weight excluding hydrogens is 717 g/mol. The molecule has 2 heterocycles. The van der Waals surface area contributed by atoms with Crippen LogP contribution in [0.2, 0.25) is 0 Å². The maximum absolute atomic E-state index is 10.3.